The summed E-state index contributed by atoms with van der Waals surface area (Å²) in [6, 6.07) is 21.0. The Hall–Kier alpha value is -2.39. The smallest absolute Gasteiger partial charge is 0.0510 e. The average molecular weight is 363 g/mol. The molecule has 0 aromatic heterocycles. The first-order chi connectivity index (χ1) is 13.3. The summed E-state index contributed by atoms with van der Waals surface area (Å²) in [6.07, 6.45) is 12.1. The van der Waals surface area contributed by atoms with Gasteiger partial charge in [0, 0.05) is 25.0 Å². The molecule has 3 nitrogen and oxygen atoms in total. The van der Waals surface area contributed by atoms with Crippen molar-refractivity contribution in [2.45, 2.75) is 38.6 Å². The summed E-state index contributed by atoms with van der Waals surface area (Å²) < 4.78 is 0. The molecule has 0 radical (unpaired) electrons. The van der Waals surface area contributed by atoms with Crippen LogP contribution in [0, 0.1) is 5.41 Å². The van der Waals surface area contributed by atoms with Crippen LogP contribution in [0.2, 0.25) is 0 Å². The van der Waals surface area contributed by atoms with Crippen LogP contribution in [0.15, 0.2) is 71.9 Å². The predicted octanol–water partition coefficient (Wildman–Crippen LogP) is 5.61. The fourth-order valence-corrected chi connectivity index (χ4v) is 4.08. The molecule has 0 spiro atoms. The maximum atomic E-state index is 9.25. The molecular weight excluding hydrogens is 332 g/mol. The Morgan fingerprint density at radius 2 is 1.59 bits per heavy atom. The van der Waals surface area contributed by atoms with Crippen molar-refractivity contribution in [3.63, 3.8) is 0 Å². The molecular formula is C24H30N2O. The molecule has 0 heterocycles. The van der Waals surface area contributed by atoms with Gasteiger partial charge in [0.1, 0.15) is 0 Å². The van der Waals surface area contributed by atoms with E-state index in [9.17, 15) is 5.21 Å². The van der Waals surface area contributed by atoms with Crippen molar-refractivity contribution in [3.8, 4) is 0 Å². The van der Waals surface area contributed by atoms with E-state index in [2.05, 4.69) is 76.8 Å². The Labute approximate surface area is 163 Å². The lowest BCUT2D eigenvalue weighted by Crippen LogP contribution is -2.40. The maximum absolute atomic E-state index is 9.25. The van der Waals surface area contributed by atoms with Gasteiger partial charge in [-0.15, -0.1) is 5.16 Å². The van der Waals surface area contributed by atoms with Gasteiger partial charge in [0.25, 0.3) is 0 Å². The largest absolute Gasteiger partial charge is 0.411 e. The maximum Gasteiger partial charge on any atom is 0.0510 e. The minimum atomic E-state index is -0.0115. The lowest BCUT2D eigenvalue weighted by atomic mass is 9.74. The van der Waals surface area contributed by atoms with Gasteiger partial charge in [-0.05, 0) is 24.0 Å². The second-order valence-electron chi connectivity index (χ2n) is 7.64. The predicted molar refractivity (Wildman–Crippen MR) is 113 cm³/mol. The van der Waals surface area contributed by atoms with Crippen molar-refractivity contribution in [2.24, 2.45) is 10.6 Å². The van der Waals surface area contributed by atoms with E-state index >= 15 is 0 Å². The van der Waals surface area contributed by atoms with Crippen molar-refractivity contribution in [2.75, 3.05) is 13.1 Å². The highest BCUT2D eigenvalue weighted by molar-refractivity contribution is 5.65. The Balaban J connectivity index is 1.73. The number of hydrogen-bond donors (Lipinski definition) is 1. The number of rotatable bonds is 8. The average Bonchev–Trinajstić information content (AvgIpc) is 2.70. The summed E-state index contributed by atoms with van der Waals surface area (Å²) in [5.41, 5.74) is 2.53. The minimum absolute atomic E-state index is 0.0115. The standard InChI is InChI=1S/C24H30N2O/c27-25-20-24(16-8-3-9-17-24)21-26(19-23-13-6-2-7-14-23)18-10-15-22-11-4-1-5-12-22/h1-2,4-7,10-15,20,27H,3,8-9,16-19,21H2/b15-10+,25-20?. The number of hydrogen-bond acceptors (Lipinski definition) is 3. The van der Waals surface area contributed by atoms with Gasteiger partial charge in [-0.25, -0.2) is 0 Å². The SMILES string of the molecule is ON=CC1(CN(C/C=C/c2ccccc2)Cc2ccccc2)CCCCC1. The zero-order valence-electron chi connectivity index (χ0n) is 16.0. The Morgan fingerprint density at radius 3 is 2.26 bits per heavy atom. The van der Waals surface area contributed by atoms with Crippen LogP contribution in [-0.2, 0) is 6.54 Å². The normalized spacial score (nSPS) is 17.1. The second-order valence-corrected chi connectivity index (χ2v) is 7.64. The molecule has 0 bridgehead atoms. The minimum Gasteiger partial charge on any atom is -0.411 e. The van der Waals surface area contributed by atoms with Gasteiger partial charge in [0.15, 0.2) is 0 Å². The third-order valence-corrected chi connectivity index (χ3v) is 5.44. The third-order valence-electron chi connectivity index (χ3n) is 5.44. The molecule has 1 fully saturated rings. The molecule has 1 aliphatic rings. The van der Waals surface area contributed by atoms with Gasteiger partial charge in [-0.1, -0.05) is 92.1 Å². The molecule has 3 rings (SSSR count). The summed E-state index contributed by atoms with van der Waals surface area (Å²) >= 11 is 0. The Kier molecular flexibility index (Phi) is 7.23. The van der Waals surface area contributed by atoms with Crippen molar-refractivity contribution in [3.05, 3.63) is 77.9 Å². The van der Waals surface area contributed by atoms with Crippen LogP contribution in [0.25, 0.3) is 6.08 Å². The van der Waals surface area contributed by atoms with E-state index in [1.54, 1.807) is 6.21 Å². The number of oxime groups is 1. The molecule has 1 saturated carbocycles. The molecule has 0 atom stereocenters. The summed E-state index contributed by atoms with van der Waals surface area (Å²) in [5.74, 6) is 0. The van der Waals surface area contributed by atoms with Crippen LogP contribution >= 0.6 is 0 Å². The first kappa shape index (κ1) is 19.4. The van der Waals surface area contributed by atoms with Gasteiger partial charge < -0.3 is 5.21 Å². The zero-order valence-corrected chi connectivity index (χ0v) is 16.0. The Morgan fingerprint density at radius 1 is 0.926 bits per heavy atom. The quantitative estimate of drug-likeness (QED) is 0.376. The zero-order chi connectivity index (χ0) is 18.8. The number of nitrogens with zero attached hydrogens (tertiary/aromatic N) is 2. The first-order valence-electron chi connectivity index (χ1n) is 9.96. The summed E-state index contributed by atoms with van der Waals surface area (Å²) in [5, 5.41) is 12.7. The van der Waals surface area contributed by atoms with E-state index in [-0.39, 0.29) is 5.41 Å². The Bertz CT molecular complexity index is 719. The van der Waals surface area contributed by atoms with Crippen LogP contribution in [0.4, 0.5) is 0 Å². The van der Waals surface area contributed by atoms with Crippen LogP contribution < -0.4 is 0 Å². The van der Waals surface area contributed by atoms with Gasteiger partial charge in [0.2, 0.25) is 0 Å². The van der Waals surface area contributed by atoms with Gasteiger partial charge >= 0.3 is 0 Å². The summed E-state index contributed by atoms with van der Waals surface area (Å²) in [6.45, 7) is 2.71. The van der Waals surface area contributed by atoms with Crippen molar-refractivity contribution in [1.82, 2.24) is 4.90 Å². The van der Waals surface area contributed by atoms with E-state index in [1.807, 2.05) is 6.07 Å². The molecule has 0 amide bonds. The molecule has 0 unspecified atom stereocenters. The van der Waals surface area contributed by atoms with Crippen LogP contribution in [-0.4, -0.2) is 29.4 Å². The molecule has 27 heavy (non-hydrogen) atoms. The molecule has 1 N–H and O–H groups in total. The van der Waals surface area contributed by atoms with E-state index in [4.69, 9.17) is 0 Å². The van der Waals surface area contributed by atoms with Crippen LogP contribution in [0.3, 0.4) is 0 Å². The monoisotopic (exact) mass is 362 g/mol. The number of benzene rings is 2. The van der Waals surface area contributed by atoms with Crippen molar-refractivity contribution < 1.29 is 5.21 Å². The fraction of sp³-hybridized carbons (Fsp3) is 0.375. The second kappa shape index (κ2) is 10.1. The van der Waals surface area contributed by atoms with Gasteiger partial charge in [0.05, 0.1) is 6.21 Å². The topological polar surface area (TPSA) is 35.8 Å². The molecule has 1 aliphatic carbocycles. The van der Waals surface area contributed by atoms with E-state index in [1.165, 1.54) is 30.4 Å². The molecule has 0 saturated heterocycles. The fourth-order valence-electron chi connectivity index (χ4n) is 4.08. The highest BCUT2D eigenvalue weighted by Gasteiger charge is 2.32. The van der Waals surface area contributed by atoms with Crippen LogP contribution in [0.5, 0.6) is 0 Å². The first-order valence-corrected chi connectivity index (χ1v) is 9.96. The van der Waals surface area contributed by atoms with E-state index < -0.39 is 0 Å². The van der Waals surface area contributed by atoms with Crippen LogP contribution in [0.1, 0.15) is 43.2 Å². The summed E-state index contributed by atoms with van der Waals surface area (Å²) in [4.78, 5) is 2.47. The van der Waals surface area contributed by atoms with Gasteiger partial charge in [-0.2, -0.15) is 0 Å². The third kappa shape index (κ3) is 6.07. The lowest BCUT2D eigenvalue weighted by molar-refractivity contribution is 0.167. The molecule has 0 aliphatic heterocycles. The van der Waals surface area contributed by atoms with Gasteiger partial charge in [-0.3, -0.25) is 4.90 Å². The van der Waals surface area contributed by atoms with E-state index in [0.29, 0.717) is 0 Å². The lowest BCUT2D eigenvalue weighted by Gasteiger charge is -2.38. The molecule has 2 aromatic carbocycles. The molecule has 3 heteroatoms. The highest BCUT2D eigenvalue weighted by Crippen LogP contribution is 2.36. The van der Waals surface area contributed by atoms with Crippen molar-refractivity contribution >= 4 is 12.3 Å². The van der Waals surface area contributed by atoms with Crippen molar-refractivity contribution in [1.29, 1.82) is 0 Å². The van der Waals surface area contributed by atoms with E-state index in [0.717, 1.165) is 32.5 Å². The highest BCUT2D eigenvalue weighted by atomic mass is 16.4. The molecule has 142 valence electrons. The summed E-state index contributed by atoms with van der Waals surface area (Å²) in [7, 11) is 0. The molecule has 2 aromatic rings.